The van der Waals surface area contributed by atoms with Crippen LogP contribution >= 0.6 is 0 Å². The number of cyclic esters (lactones) is 1. The third kappa shape index (κ3) is 2.03. The zero-order valence-corrected chi connectivity index (χ0v) is 10.2. The predicted octanol–water partition coefficient (Wildman–Crippen LogP) is 2.64. The fraction of sp³-hybridized carbons (Fsp3) is 0.125. The van der Waals surface area contributed by atoms with Crippen molar-refractivity contribution in [3.05, 3.63) is 71.8 Å². The maximum atomic E-state index is 12.0. The fourth-order valence-electron chi connectivity index (χ4n) is 2.40. The van der Waals surface area contributed by atoms with Crippen molar-refractivity contribution in [1.82, 2.24) is 0 Å². The van der Waals surface area contributed by atoms with Gasteiger partial charge in [0, 0.05) is 0 Å². The number of Topliss-reactive ketones (excluding diaryl/α,β-unsaturated/α-hetero) is 1. The number of carbonyl (C=O) groups is 2. The molecule has 0 N–H and O–H groups in total. The minimum atomic E-state index is -0.747. The average molecular weight is 252 g/mol. The molecule has 0 aliphatic carbocycles. The van der Waals surface area contributed by atoms with Crippen LogP contribution in [-0.4, -0.2) is 11.8 Å². The first-order valence-corrected chi connectivity index (χ1v) is 6.12. The van der Waals surface area contributed by atoms with E-state index in [1.807, 2.05) is 60.7 Å². The second-order valence-electron chi connectivity index (χ2n) is 4.49. The van der Waals surface area contributed by atoms with Crippen LogP contribution < -0.4 is 0 Å². The lowest BCUT2D eigenvalue weighted by Crippen LogP contribution is -2.14. The molecule has 1 saturated heterocycles. The SMILES string of the molecule is O=C1OC(c2ccccc2)C(c2ccccc2)C1=O. The molecule has 0 spiro atoms. The Hall–Kier alpha value is -2.42. The Labute approximate surface area is 110 Å². The summed E-state index contributed by atoms with van der Waals surface area (Å²) >= 11 is 0. The van der Waals surface area contributed by atoms with E-state index in [1.165, 1.54) is 0 Å². The zero-order valence-electron chi connectivity index (χ0n) is 10.2. The first-order chi connectivity index (χ1) is 9.27. The first kappa shape index (κ1) is 11.7. The number of ketones is 1. The number of ether oxygens (including phenoxy) is 1. The van der Waals surface area contributed by atoms with E-state index < -0.39 is 23.8 Å². The van der Waals surface area contributed by atoms with Gasteiger partial charge in [0.25, 0.3) is 5.78 Å². The van der Waals surface area contributed by atoms with Gasteiger partial charge in [0.15, 0.2) is 0 Å². The summed E-state index contributed by atoms with van der Waals surface area (Å²) in [6.07, 6.45) is -0.524. The van der Waals surface area contributed by atoms with E-state index >= 15 is 0 Å². The molecule has 2 unspecified atom stereocenters. The molecule has 3 heteroatoms. The molecule has 0 amide bonds. The molecule has 94 valence electrons. The van der Waals surface area contributed by atoms with Gasteiger partial charge in [-0.1, -0.05) is 60.7 Å². The van der Waals surface area contributed by atoms with Crippen molar-refractivity contribution in [3.8, 4) is 0 Å². The van der Waals surface area contributed by atoms with E-state index in [1.54, 1.807) is 0 Å². The van der Waals surface area contributed by atoms with Crippen LogP contribution in [0.3, 0.4) is 0 Å². The Morgan fingerprint density at radius 2 is 1.26 bits per heavy atom. The number of benzene rings is 2. The molecule has 2 atom stereocenters. The highest BCUT2D eigenvalue weighted by atomic mass is 16.6. The number of rotatable bonds is 2. The van der Waals surface area contributed by atoms with Crippen molar-refractivity contribution in [2.45, 2.75) is 12.0 Å². The standard InChI is InChI=1S/C16H12O3/c17-14-13(11-7-3-1-4-8-11)15(19-16(14)18)12-9-5-2-6-10-12/h1-10,13,15H. The van der Waals surface area contributed by atoms with Crippen LogP contribution in [0.2, 0.25) is 0 Å². The van der Waals surface area contributed by atoms with Gasteiger partial charge in [-0.2, -0.15) is 0 Å². The summed E-state index contributed by atoms with van der Waals surface area (Å²) in [5, 5.41) is 0. The maximum Gasteiger partial charge on any atom is 0.376 e. The molecule has 1 heterocycles. The van der Waals surface area contributed by atoms with Crippen LogP contribution in [0, 0.1) is 0 Å². The normalized spacial score (nSPS) is 22.3. The van der Waals surface area contributed by atoms with E-state index in [4.69, 9.17) is 4.74 Å². The monoisotopic (exact) mass is 252 g/mol. The number of carbonyl (C=O) groups excluding carboxylic acids is 2. The molecule has 0 radical (unpaired) electrons. The zero-order chi connectivity index (χ0) is 13.2. The third-order valence-electron chi connectivity index (χ3n) is 3.31. The Morgan fingerprint density at radius 3 is 1.84 bits per heavy atom. The molecule has 1 aliphatic rings. The summed E-state index contributed by atoms with van der Waals surface area (Å²) < 4.78 is 5.24. The second kappa shape index (κ2) is 4.69. The van der Waals surface area contributed by atoms with Crippen LogP contribution in [0.1, 0.15) is 23.1 Å². The summed E-state index contributed by atoms with van der Waals surface area (Å²) in [6.45, 7) is 0. The number of hydrogen-bond donors (Lipinski definition) is 0. The summed E-state index contributed by atoms with van der Waals surface area (Å²) in [5.74, 6) is -1.76. The highest BCUT2D eigenvalue weighted by Gasteiger charge is 2.45. The first-order valence-electron chi connectivity index (χ1n) is 6.12. The quantitative estimate of drug-likeness (QED) is 0.609. The summed E-state index contributed by atoms with van der Waals surface area (Å²) in [6, 6.07) is 18.6. The Balaban J connectivity index is 2.04. The Kier molecular flexibility index (Phi) is 2.88. The summed E-state index contributed by atoms with van der Waals surface area (Å²) in [5.41, 5.74) is 1.66. The molecule has 19 heavy (non-hydrogen) atoms. The van der Waals surface area contributed by atoms with Crippen molar-refractivity contribution < 1.29 is 14.3 Å². The summed E-state index contributed by atoms with van der Waals surface area (Å²) in [4.78, 5) is 23.6. The predicted molar refractivity (Wildman–Crippen MR) is 69.5 cm³/mol. The van der Waals surface area contributed by atoms with Crippen molar-refractivity contribution in [2.24, 2.45) is 0 Å². The van der Waals surface area contributed by atoms with Crippen LogP contribution in [0.5, 0.6) is 0 Å². The van der Waals surface area contributed by atoms with E-state index in [-0.39, 0.29) is 0 Å². The molecule has 0 bridgehead atoms. The molecule has 1 fully saturated rings. The van der Waals surface area contributed by atoms with E-state index in [0.717, 1.165) is 11.1 Å². The van der Waals surface area contributed by atoms with Crippen LogP contribution in [0.4, 0.5) is 0 Å². The number of esters is 1. The van der Waals surface area contributed by atoms with Crippen LogP contribution in [0.15, 0.2) is 60.7 Å². The van der Waals surface area contributed by atoms with Gasteiger partial charge in [0.2, 0.25) is 0 Å². The van der Waals surface area contributed by atoms with Gasteiger partial charge in [-0.05, 0) is 11.1 Å². The molecule has 0 saturated carbocycles. The minimum Gasteiger partial charge on any atom is -0.451 e. The van der Waals surface area contributed by atoms with Crippen molar-refractivity contribution >= 4 is 11.8 Å². The molecule has 0 aromatic heterocycles. The smallest absolute Gasteiger partial charge is 0.376 e. The lowest BCUT2D eigenvalue weighted by atomic mass is 9.88. The van der Waals surface area contributed by atoms with E-state index in [9.17, 15) is 9.59 Å². The molecular formula is C16H12O3. The average Bonchev–Trinajstić information content (AvgIpc) is 2.77. The van der Waals surface area contributed by atoms with Crippen LogP contribution in [0.25, 0.3) is 0 Å². The van der Waals surface area contributed by atoms with Gasteiger partial charge in [0.05, 0.1) is 5.92 Å². The lowest BCUT2D eigenvalue weighted by Gasteiger charge is -2.16. The highest BCUT2D eigenvalue weighted by molar-refractivity contribution is 6.37. The third-order valence-corrected chi connectivity index (χ3v) is 3.31. The van der Waals surface area contributed by atoms with Gasteiger partial charge in [0.1, 0.15) is 6.10 Å². The molecular weight excluding hydrogens is 240 g/mol. The number of hydrogen-bond acceptors (Lipinski definition) is 3. The van der Waals surface area contributed by atoms with Gasteiger partial charge >= 0.3 is 5.97 Å². The van der Waals surface area contributed by atoms with Crippen molar-refractivity contribution in [3.63, 3.8) is 0 Å². The Bertz CT molecular complexity index is 604. The fourth-order valence-corrected chi connectivity index (χ4v) is 2.40. The molecule has 3 nitrogen and oxygen atoms in total. The van der Waals surface area contributed by atoms with Crippen molar-refractivity contribution in [1.29, 1.82) is 0 Å². The van der Waals surface area contributed by atoms with E-state index in [2.05, 4.69) is 0 Å². The van der Waals surface area contributed by atoms with Gasteiger partial charge < -0.3 is 4.74 Å². The Morgan fingerprint density at radius 1 is 0.737 bits per heavy atom. The van der Waals surface area contributed by atoms with Crippen molar-refractivity contribution in [2.75, 3.05) is 0 Å². The van der Waals surface area contributed by atoms with Gasteiger partial charge in [-0.3, -0.25) is 4.79 Å². The molecule has 2 aromatic carbocycles. The topological polar surface area (TPSA) is 43.4 Å². The van der Waals surface area contributed by atoms with E-state index in [0.29, 0.717) is 0 Å². The molecule has 3 rings (SSSR count). The van der Waals surface area contributed by atoms with Gasteiger partial charge in [-0.15, -0.1) is 0 Å². The summed E-state index contributed by atoms with van der Waals surface area (Å²) in [7, 11) is 0. The second-order valence-corrected chi connectivity index (χ2v) is 4.49. The molecule has 2 aromatic rings. The highest BCUT2D eigenvalue weighted by Crippen LogP contribution is 2.39. The lowest BCUT2D eigenvalue weighted by molar-refractivity contribution is -0.149. The van der Waals surface area contributed by atoms with Crippen LogP contribution in [-0.2, 0) is 14.3 Å². The maximum absolute atomic E-state index is 12.0. The largest absolute Gasteiger partial charge is 0.451 e. The van der Waals surface area contributed by atoms with Gasteiger partial charge in [-0.25, -0.2) is 4.79 Å². The molecule has 1 aliphatic heterocycles. The minimum absolute atomic E-state index is 0.472.